The smallest absolute Gasteiger partial charge is 0.408 e. The normalized spacial score (nSPS) is 14.3. The van der Waals surface area contributed by atoms with Crippen LogP contribution in [0.2, 0.25) is 0 Å². The highest BCUT2D eigenvalue weighted by Crippen LogP contribution is 2.18. The number of alkyl carbamates (subject to hydrolysis) is 2. The molecule has 0 aromatic heterocycles. The molecule has 0 saturated heterocycles. The van der Waals surface area contributed by atoms with Crippen LogP contribution in [0.5, 0.6) is 0 Å². The zero-order valence-corrected chi connectivity index (χ0v) is 17.9. The number of nitrogens with one attached hydrogen (secondary N) is 2. The highest BCUT2D eigenvalue weighted by atomic mass is 16.6. The van der Waals surface area contributed by atoms with Gasteiger partial charge in [0.1, 0.15) is 22.6 Å². The van der Waals surface area contributed by atoms with E-state index in [1.54, 1.807) is 54.5 Å². The van der Waals surface area contributed by atoms with E-state index in [4.69, 9.17) is 14.2 Å². The summed E-state index contributed by atoms with van der Waals surface area (Å²) in [4.78, 5) is 23.7. The van der Waals surface area contributed by atoms with E-state index < -0.39 is 29.0 Å². The lowest BCUT2D eigenvalue weighted by molar-refractivity contribution is 0.0124. The number of ether oxygens (including phenoxy) is 3. The van der Waals surface area contributed by atoms with Crippen LogP contribution in [0.25, 0.3) is 0 Å². The zero-order chi connectivity index (χ0) is 20.8. The number of carbonyl (C=O) groups excluding carboxylic acids is 2. The fourth-order valence-corrected chi connectivity index (χ4v) is 1.91. The van der Waals surface area contributed by atoms with Crippen molar-refractivity contribution < 1.29 is 23.8 Å². The van der Waals surface area contributed by atoms with Gasteiger partial charge in [0.2, 0.25) is 0 Å². The van der Waals surface area contributed by atoms with Crippen LogP contribution >= 0.6 is 0 Å². The van der Waals surface area contributed by atoms with Crippen molar-refractivity contribution in [1.82, 2.24) is 10.6 Å². The Hall–Kier alpha value is -1.92. The lowest BCUT2D eigenvalue weighted by atomic mass is 10.1. The van der Waals surface area contributed by atoms with E-state index in [1.807, 2.05) is 20.8 Å². The Bertz CT molecular complexity index is 513. The maximum Gasteiger partial charge on any atom is 0.408 e. The Balaban J connectivity index is 4.68. The van der Waals surface area contributed by atoms with Crippen molar-refractivity contribution in [3.63, 3.8) is 0 Å². The van der Waals surface area contributed by atoms with E-state index in [9.17, 15) is 9.59 Å². The fourth-order valence-electron chi connectivity index (χ4n) is 1.91. The number of hydrogen-bond acceptors (Lipinski definition) is 5. The molecule has 0 bridgehead atoms. The molecule has 2 amide bonds. The van der Waals surface area contributed by atoms with Crippen molar-refractivity contribution in [2.75, 3.05) is 6.54 Å². The van der Waals surface area contributed by atoms with Gasteiger partial charge in [0, 0.05) is 0 Å². The summed E-state index contributed by atoms with van der Waals surface area (Å²) in [6.07, 6.45) is 0.755. The molecule has 0 fully saturated rings. The first-order valence-corrected chi connectivity index (χ1v) is 8.86. The quantitative estimate of drug-likeness (QED) is 0.685. The van der Waals surface area contributed by atoms with Crippen LogP contribution in [-0.2, 0) is 14.2 Å². The highest BCUT2D eigenvalue weighted by molar-refractivity contribution is 5.68. The number of carbonyl (C=O) groups is 2. The molecule has 7 heteroatoms. The van der Waals surface area contributed by atoms with E-state index in [1.165, 1.54) is 0 Å². The number of amides is 2. The second-order valence-electron chi connectivity index (χ2n) is 8.78. The maximum absolute atomic E-state index is 11.9. The Kier molecular flexibility index (Phi) is 8.47. The van der Waals surface area contributed by atoms with Crippen LogP contribution in [0.15, 0.2) is 11.8 Å². The first-order chi connectivity index (χ1) is 11.5. The molecule has 0 radical (unpaired) electrons. The van der Waals surface area contributed by atoms with Crippen molar-refractivity contribution in [3.8, 4) is 0 Å². The molecule has 0 rings (SSSR count). The minimum atomic E-state index is -0.692. The van der Waals surface area contributed by atoms with Gasteiger partial charge in [-0.2, -0.15) is 0 Å². The summed E-state index contributed by atoms with van der Waals surface area (Å²) in [7, 11) is 0. The molecule has 7 nitrogen and oxygen atoms in total. The van der Waals surface area contributed by atoms with Gasteiger partial charge in [-0.1, -0.05) is 0 Å². The molecule has 0 unspecified atom stereocenters. The van der Waals surface area contributed by atoms with Crippen molar-refractivity contribution in [2.45, 2.75) is 92.1 Å². The first kappa shape index (κ1) is 24.1. The van der Waals surface area contributed by atoms with Crippen molar-refractivity contribution in [1.29, 1.82) is 0 Å². The maximum atomic E-state index is 11.9. The standard InChI is InChI=1S/C19H36N2O5/c1-11-14(13(2)21-16(23)26-18(6,7)8)24-19(9,10)12-20-15(22)25-17(3,4)5/h11,13H,12H2,1-10H3,(H,20,22)(H,21,23)/t13-/m0/s1. The molecule has 0 aromatic carbocycles. The molecule has 0 aliphatic heterocycles. The predicted molar refractivity (Wildman–Crippen MR) is 102 cm³/mol. The molecule has 0 spiro atoms. The van der Waals surface area contributed by atoms with E-state index in [2.05, 4.69) is 10.6 Å². The van der Waals surface area contributed by atoms with Crippen molar-refractivity contribution in [3.05, 3.63) is 11.8 Å². The largest absolute Gasteiger partial charge is 0.489 e. The van der Waals surface area contributed by atoms with Crippen LogP contribution in [0, 0.1) is 0 Å². The van der Waals surface area contributed by atoms with Crippen LogP contribution in [0.1, 0.15) is 69.2 Å². The summed E-state index contributed by atoms with van der Waals surface area (Å²) >= 11 is 0. The second kappa shape index (κ2) is 9.14. The molecule has 26 heavy (non-hydrogen) atoms. The minimum Gasteiger partial charge on any atom is -0.489 e. The third kappa shape index (κ3) is 11.6. The number of hydrogen-bond donors (Lipinski definition) is 2. The van der Waals surface area contributed by atoms with Crippen molar-refractivity contribution >= 4 is 12.2 Å². The average Bonchev–Trinajstić information content (AvgIpc) is 2.38. The molecule has 0 aliphatic carbocycles. The van der Waals surface area contributed by atoms with Gasteiger partial charge >= 0.3 is 12.2 Å². The van der Waals surface area contributed by atoms with Gasteiger partial charge in [-0.3, -0.25) is 0 Å². The van der Waals surface area contributed by atoms with Gasteiger partial charge in [0.25, 0.3) is 0 Å². The van der Waals surface area contributed by atoms with Crippen LogP contribution in [0.3, 0.4) is 0 Å². The molecule has 1 atom stereocenters. The van der Waals surface area contributed by atoms with Gasteiger partial charge in [-0.15, -0.1) is 0 Å². The molecule has 0 aromatic rings. The highest BCUT2D eigenvalue weighted by Gasteiger charge is 2.27. The van der Waals surface area contributed by atoms with E-state index in [0.717, 1.165) is 0 Å². The fraction of sp³-hybridized carbons (Fsp3) is 0.789. The predicted octanol–water partition coefficient (Wildman–Crippen LogP) is 4.12. The lowest BCUT2D eigenvalue weighted by Crippen LogP contribution is -2.45. The monoisotopic (exact) mass is 372 g/mol. The van der Waals surface area contributed by atoms with Gasteiger partial charge in [-0.05, 0) is 75.3 Å². The Morgan fingerprint density at radius 1 is 0.885 bits per heavy atom. The third-order valence-corrected chi connectivity index (χ3v) is 2.90. The third-order valence-electron chi connectivity index (χ3n) is 2.90. The molecule has 152 valence electrons. The van der Waals surface area contributed by atoms with E-state index in [-0.39, 0.29) is 12.6 Å². The summed E-state index contributed by atoms with van der Waals surface area (Å²) in [6.45, 7) is 18.4. The lowest BCUT2D eigenvalue weighted by Gasteiger charge is -2.31. The summed E-state index contributed by atoms with van der Waals surface area (Å²) in [5, 5.41) is 5.43. The summed E-state index contributed by atoms with van der Waals surface area (Å²) in [6, 6.07) is -0.379. The van der Waals surface area contributed by atoms with Crippen LogP contribution < -0.4 is 10.6 Å². The molecular formula is C19H36N2O5. The molecular weight excluding hydrogens is 336 g/mol. The summed E-state index contributed by atoms with van der Waals surface area (Å²) in [5.74, 6) is 0.576. The summed E-state index contributed by atoms with van der Waals surface area (Å²) in [5.41, 5.74) is -1.82. The van der Waals surface area contributed by atoms with Gasteiger partial charge in [0.05, 0.1) is 12.6 Å². The molecule has 0 saturated carbocycles. The second-order valence-corrected chi connectivity index (χ2v) is 8.78. The Morgan fingerprint density at radius 3 is 1.77 bits per heavy atom. The van der Waals surface area contributed by atoms with Crippen molar-refractivity contribution in [2.24, 2.45) is 0 Å². The minimum absolute atomic E-state index is 0.248. The number of rotatable bonds is 6. The van der Waals surface area contributed by atoms with Crippen LogP contribution in [-0.4, -0.2) is 41.6 Å². The number of allylic oxidation sites excluding steroid dienone is 1. The van der Waals surface area contributed by atoms with E-state index >= 15 is 0 Å². The SMILES string of the molecule is CC=C(OC(C)(C)CNC(=O)OC(C)(C)C)[C@H](C)NC(=O)OC(C)(C)C. The zero-order valence-electron chi connectivity index (χ0n) is 17.9. The Morgan fingerprint density at radius 2 is 1.35 bits per heavy atom. The molecule has 2 N–H and O–H groups in total. The van der Waals surface area contributed by atoms with Gasteiger partial charge in [0.15, 0.2) is 0 Å². The first-order valence-electron chi connectivity index (χ1n) is 8.86. The molecule has 0 aliphatic rings. The van der Waals surface area contributed by atoms with Gasteiger partial charge < -0.3 is 24.8 Å². The topological polar surface area (TPSA) is 85.9 Å². The van der Waals surface area contributed by atoms with Crippen LogP contribution in [0.4, 0.5) is 9.59 Å². The van der Waals surface area contributed by atoms with Gasteiger partial charge in [-0.25, -0.2) is 9.59 Å². The molecule has 0 heterocycles. The van der Waals surface area contributed by atoms with E-state index in [0.29, 0.717) is 5.76 Å². The Labute approximate surface area is 157 Å². The summed E-state index contributed by atoms with van der Waals surface area (Å²) < 4.78 is 16.5. The average molecular weight is 373 g/mol.